The standard InChI is InChI=1S/C19H24O2/c1-3-18(20)19(21-2)14-17(15-10-6-4-7-11-15)16-12-8-5-9-13-16/h4-13,17-20H,3,14H2,1-2H3. The molecular weight excluding hydrogens is 260 g/mol. The van der Waals surface area contributed by atoms with Crippen molar-refractivity contribution in [1.29, 1.82) is 0 Å². The van der Waals surface area contributed by atoms with Gasteiger partial charge in [0.05, 0.1) is 12.2 Å². The van der Waals surface area contributed by atoms with E-state index in [1.807, 2.05) is 19.1 Å². The van der Waals surface area contributed by atoms with Crippen molar-refractivity contribution < 1.29 is 9.84 Å². The van der Waals surface area contributed by atoms with E-state index in [0.29, 0.717) is 6.42 Å². The predicted molar refractivity (Wildman–Crippen MR) is 86.4 cm³/mol. The highest BCUT2D eigenvalue weighted by Gasteiger charge is 2.24. The largest absolute Gasteiger partial charge is 0.390 e. The first-order valence-electron chi connectivity index (χ1n) is 7.57. The fraction of sp³-hybridized carbons (Fsp3) is 0.368. The minimum atomic E-state index is -0.426. The third-order valence-electron chi connectivity index (χ3n) is 4.02. The Labute approximate surface area is 127 Å². The number of hydrogen-bond acceptors (Lipinski definition) is 2. The smallest absolute Gasteiger partial charge is 0.0839 e. The Balaban J connectivity index is 2.29. The van der Waals surface area contributed by atoms with Crippen LogP contribution in [0, 0.1) is 0 Å². The van der Waals surface area contributed by atoms with Crippen LogP contribution in [0.25, 0.3) is 0 Å². The second kappa shape index (κ2) is 7.96. The van der Waals surface area contributed by atoms with Crippen molar-refractivity contribution in [2.75, 3.05) is 7.11 Å². The maximum atomic E-state index is 10.1. The lowest BCUT2D eigenvalue weighted by molar-refractivity contribution is -0.0196. The number of aliphatic hydroxyl groups excluding tert-OH is 1. The number of methoxy groups -OCH3 is 1. The predicted octanol–water partition coefficient (Wildman–Crippen LogP) is 3.99. The summed E-state index contributed by atoms with van der Waals surface area (Å²) < 4.78 is 5.53. The lowest BCUT2D eigenvalue weighted by Crippen LogP contribution is -2.29. The third kappa shape index (κ3) is 4.16. The second-order valence-corrected chi connectivity index (χ2v) is 5.36. The van der Waals surface area contributed by atoms with Gasteiger partial charge in [0.15, 0.2) is 0 Å². The highest BCUT2D eigenvalue weighted by molar-refractivity contribution is 5.32. The van der Waals surface area contributed by atoms with E-state index in [4.69, 9.17) is 4.74 Å². The van der Waals surface area contributed by atoms with Crippen LogP contribution in [0.1, 0.15) is 36.8 Å². The van der Waals surface area contributed by atoms with Gasteiger partial charge in [-0.1, -0.05) is 67.6 Å². The first-order chi connectivity index (χ1) is 10.3. The molecule has 2 heteroatoms. The Hall–Kier alpha value is -1.64. The average molecular weight is 284 g/mol. The highest BCUT2D eigenvalue weighted by Crippen LogP contribution is 2.30. The lowest BCUT2D eigenvalue weighted by Gasteiger charge is -2.26. The van der Waals surface area contributed by atoms with Crippen LogP contribution in [0.4, 0.5) is 0 Å². The van der Waals surface area contributed by atoms with Crippen LogP contribution < -0.4 is 0 Å². The first-order valence-corrected chi connectivity index (χ1v) is 7.57. The summed E-state index contributed by atoms with van der Waals surface area (Å²) in [7, 11) is 1.68. The van der Waals surface area contributed by atoms with E-state index in [1.54, 1.807) is 7.11 Å². The van der Waals surface area contributed by atoms with E-state index in [9.17, 15) is 5.11 Å². The summed E-state index contributed by atoms with van der Waals surface area (Å²) in [5.74, 6) is 0.235. The molecule has 21 heavy (non-hydrogen) atoms. The molecule has 2 aromatic carbocycles. The number of benzene rings is 2. The molecule has 0 amide bonds. The quantitative estimate of drug-likeness (QED) is 0.833. The van der Waals surface area contributed by atoms with Crippen molar-refractivity contribution >= 4 is 0 Å². The minimum absolute atomic E-state index is 0.152. The van der Waals surface area contributed by atoms with Gasteiger partial charge in [-0.3, -0.25) is 0 Å². The van der Waals surface area contributed by atoms with Gasteiger partial charge in [-0.15, -0.1) is 0 Å². The van der Waals surface area contributed by atoms with Gasteiger partial charge < -0.3 is 9.84 Å². The summed E-state index contributed by atoms with van der Waals surface area (Å²) in [4.78, 5) is 0. The molecule has 2 nitrogen and oxygen atoms in total. The molecule has 0 radical (unpaired) electrons. The fourth-order valence-corrected chi connectivity index (χ4v) is 2.74. The van der Waals surface area contributed by atoms with E-state index in [2.05, 4.69) is 48.5 Å². The highest BCUT2D eigenvalue weighted by atomic mass is 16.5. The number of aliphatic hydroxyl groups is 1. The van der Waals surface area contributed by atoms with Gasteiger partial charge in [0, 0.05) is 13.0 Å². The Kier molecular flexibility index (Phi) is 5.97. The molecule has 112 valence electrons. The molecule has 0 aliphatic rings. The fourth-order valence-electron chi connectivity index (χ4n) is 2.74. The van der Waals surface area contributed by atoms with Crippen molar-refractivity contribution in [3.05, 3.63) is 71.8 Å². The molecule has 0 saturated heterocycles. The minimum Gasteiger partial charge on any atom is -0.390 e. The zero-order valence-electron chi connectivity index (χ0n) is 12.8. The summed E-state index contributed by atoms with van der Waals surface area (Å²) in [5, 5.41) is 10.1. The molecule has 0 aliphatic heterocycles. The topological polar surface area (TPSA) is 29.5 Å². The van der Waals surface area contributed by atoms with Crippen molar-refractivity contribution in [1.82, 2.24) is 0 Å². The first kappa shape index (κ1) is 15.7. The van der Waals surface area contributed by atoms with Crippen molar-refractivity contribution in [3.63, 3.8) is 0 Å². The van der Waals surface area contributed by atoms with Gasteiger partial charge in [-0.05, 0) is 24.0 Å². The molecule has 0 aromatic heterocycles. The van der Waals surface area contributed by atoms with E-state index in [0.717, 1.165) is 6.42 Å². The summed E-state index contributed by atoms with van der Waals surface area (Å²) in [6.07, 6.45) is 0.902. The molecule has 2 unspecified atom stereocenters. The van der Waals surface area contributed by atoms with Crippen LogP contribution >= 0.6 is 0 Å². The summed E-state index contributed by atoms with van der Waals surface area (Å²) >= 11 is 0. The van der Waals surface area contributed by atoms with E-state index in [1.165, 1.54) is 11.1 Å². The van der Waals surface area contributed by atoms with Crippen LogP contribution in [0.3, 0.4) is 0 Å². The summed E-state index contributed by atoms with van der Waals surface area (Å²) in [6, 6.07) is 20.9. The van der Waals surface area contributed by atoms with Gasteiger partial charge in [-0.2, -0.15) is 0 Å². The Morgan fingerprint density at radius 3 is 1.76 bits per heavy atom. The van der Waals surface area contributed by atoms with Gasteiger partial charge >= 0.3 is 0 Å². The molecule has 2 atom stereocenters. The van der Waals surface area contributed by atoms with E-state index < -0.39 is 6.10 Å². The molecule has 2 rings (SSSR count). The molecule has 2 aromatic rings. The van der Waals surface area contributed by atoms with Crippen molar-refractivity contribution in [3.8, 4) is 0 Å². The molecule has 0 saturated carbocycles. The maximum absolute atomic E-state index is 10.1. The molecule has 0 heterocycles. The van der Waals surface area contributed by atoms with Crippen LogP contribution in [0.15, 0.2) is 60.7 Å². The van der Waals surface area contributed by atoms with Gasteiger partial charge in [0.1, 0.15) is 0 Å². The molecule has 0 bridgehead atoms. The van der Waals surface area contributed by atoms with Gasteiger partial charge in [0.25, 0.3) is 0 Å². The summed E-state index contributed by atoms with van der Waals surface area (Å²) in [5.41, 5.74) is 2.52. The van der Waals surface area contributed by atoms with Gasteiger partial charge in [0.2, 0.25) is 0 Å². The molecule has 0 fully saturated rings. The number of hydrogen-bond donors (Lipinski definition) is 1. The normalized spacial score (nSPS) is 14.1. The Morgan fingerprint density at radius 1 is 0.905 bits per heavy atom. The zero-order valence-corrected chi connectivity index (χ0v) is 12.8. The Bertz CT molecular complexity index is 470. The number of ether oxygens (including phenoxy) is 1. The Morgan fingerprint density at radius 2 is 1.38 bits per heavy atom. The zero-order chi connectivity index (χ0) is 15.1. The molecule has 0 spiro atoms. The van der Waals surface area contributed by atoms with Crippen LogP contribution in [-0.4, -0.2) is 24.4 Å². The van der Waals surface area contributed by atoms with Crippen LogP contribution in [0.5, 0.6) is 0 Å². The van der Waals surface area contributed by atoms with E-state index >= 15 is 0 Å². The molecular formula is C19H24O2. The second-order valence-electron chi connectivity index (χ2n) is 5.36. The maximum Gasteiger partial charge on any atom is 0.0839 e. The monoisotopic (exact) mass is 284 g/mol. The lowest BCUT2D eigenvalue weighted by atomic mass is 9.85. The SMILES string of the molecule is CCC(O)C(CC(c1ccccc1)c1ccccc1)OC. The molecule has 1 N–H and O–H groups in total. The van der Waals surface area contributed by atoms with E-state index in [-0.39, 0.29) is 12.0 Å². The third-order valence-corrected chi connectivity index (χ3v) is 4.02. The van der Waals surface area contributed by atoms with Gasteiger partial charge in [-0.25, -0.2) is 0 Å². The average Bonchev–Trinajstić information content (AvgIpc) is 2.57. The van der Waals surface area contributed by atoms with Crippen LogP contribution in [-0.2, 0) is 4.74 Å². The van der Waals surface area contributed by atoms with Crippen molar-refractivity contribution in [2.45, 2.75) is 37.9 Å². The van der Waals surface area contributed by atoms with Crippen LogP contribution in [0.2, 0.25) is 0 Å². The summed E-state index contributed by atoms with van der Waals surface area (Å²) in [6.45, 7) is 1.98. The van der Waals surface area contributed by atoms with Crippen molar-refractivity contribution in [2.24, 2.45) is 0 Å². The molecule has 0 aliphatic carbocycles. The number of rotatable bonds is 7.